The van der Waals surface area contributed by atoms with Crippen LogP contribution in [0.15, 0.2) is 16.5 Å². The number of hydrogen-bond acceptors (Lipinski definition) is 5. The van der Waals surface area contributed by atoms with E-state index in [0.29, 0.717) is 6.42 Å². The molecule has 0 radical (unpaired) electrons. The molecule has 0 aromatic carbocycles. The summed E-state index contributed by atoms with van der Waals surface area (Å²) in [6, 6.07) is 1.10. The van der Waals surface area contributed by atoms with Gasteiger partial charge in [0.2, 0.25) is 0 Å². The van der Waals surface area contributed by atoms with Crippen LogP contribution in [0.4, 0.5) is 5.88 Å². The Balaban J connectivity index is 2.81. The van der Waals surface area contributed by atoms with Crippen LogP contribution in [-0.2, 0) is 4.79 Å². The van der Waals surface area contributed by atoms with Crippen LogP contribution in [0.2, 0.25) is 0 Å². The Hall–Kier alpha value is -2.38. The summed E-state index contributed by atoms with van der Waals surface area (Å²) in [6.45, 7) is 3.48. The number of hydrogen-bond donors (Lipinski definition) is 2. The number of aliphatic carboxylic acids is 1. The van der Waals surface area contributed by atoms with E-state index >= 15 is 0 Å². The first kappa shape index (κ1) is 14.7. The first-order valence-electron chi connectivity index (χ1n) is 5.64. The summed E-state index contributed by atoms with van der Waals surface area (Å²) in [5.41, 5.74) is 0. The van der Waals surface area contributed by atoms with Crippen LogP contribution in [0, 0.1) is 16.0 Å². The van der Waals surface area contributed by atoms with E-state index in [-0.39, 0.29) is 11.7 Å². The van der Waals surface area contributed by atoms with Gasteiger partial charge in [-0.2, -0.15) is 0 Å². The average Bonchev–Trinajstić information content (AvgIpc) is 2.84. The third kappa shape index (κ3) is 3.54. The highest BCUT2D eigenvalue weighted by atomic mass is 16.6. The van der Waals surface area contributed by atoms with Gasteiger partial charge < -0.3 is 14.8 Å². The van der Waals surface area contributed by atoms with Crippen molar-refractivity contribution >= 4 is 17.8 Å². The standard InChI is InChI=1S/C11H14N2O6/c1-3-6(2)9(11(15)16)12-10(14)7-4-5-8(19-7)13(17)18/h4-6,9H,3H2,1-2H3,(H,12,14)(H,15,16)/t6?,9-/m0/s1. The van der Waals surface area contributed by atoms with E-state index < -0.39 is 28.7 Å². The van der Waals surface area contributed by atoms with Crippen molar-refractivity contribution in [2.45, 2.75) is 26.3 Å². The number of nitrogens with one attached hydrogen (secondary N) is 1. The lowest BCUT2D eigenvalue weighted by Gasteiger charge is -2.19. The fourth-order valence-electron chi connectivity index (χ4n) is 1.44. The van der Waals surface area contributed by atoms with Crippen LogP contribution in [-0.4, -0.2) is 27.9 Å². The third-order valence-electron chi connectivity index (χ3n) is 2.76. The fraction of sp³-hybridized carbons (Fsp3) is 0.455. The Morgan fingerprint density at radius 2 is 2.16 bits per heavy atom. The zero-order valence-electron chi connectivity index (χ0n) is 10.5. The van der Waals surface area contributed by atoms with Crippen molar-refractivity contribution in [1.29, 1.82) is 0 Å². The van der Waals surface area contributed by atoms with E-state index in [2.05, 4.69) is 5.32 Å². The van der Waals surface area contributed by atoms with Crippen LogP contribution < -0.4 is 5.32 Å². The molecule has 0 bridgehead atoms. The average molecular weight is 270 g/mol. The lowest BCUT2D eigenvalue weighted by Crippen LogP contribution is -2.44. The van der Waals surface area contributed by atoms with Gasteiger partial charge in [-0.25, -0.2) is 4.79 Å². The summed E-state index contributed by atoms with van der Waals surface area (Å²) in [7, 11) is 0. The van der Waals surface area contributed by atoms with Gasteiger partial charge in [-0.1, -0.05) is 20.3 Å². The summed E-state index contributed by atoms with van der Waals surface area (Å²) < 4.78 is 4.70. The summed E-state index contributed by atoms with van der Waals surface area (Å²) in [4.78, 5) is 32.4. The predicted molar refractivity (Wildman–Crippen MR) is 63.7 cm³/mol. The molecule has 0 aliphatic rings. The van der Waals surface area contributed by atoms with E-state index in [1.807, 2.05) is 0 Å². The highest BCUT2D eigenvalue weighted by molar-refractivity contribution is 5.94. The molecule has 8 nitrogen and oxygen atoms in total. The van der Waals surface area contributed by atoms with Crippen molar-refractivity contribution in [1.82, 2.24) is 5.32 Å². The van der Waals surface area contributed by atoms with Gasteiger partial charge in [0.25, 0.3) is 5.91 Å². The van der Waals surface area contributed by atoms with Crippen molar-refractivity contribution in [2.24, 2.45) is 5.92 Å². The first-order chi connectivity index (χ1) is 8.86. The van der Waals surface area contributed by atoms with Crippen LogP contribution in [0.25, 0.3) is 0 Å². The van der Waals surface area contributed by atoms with Crippen molar-refractivity contribution in [2.75, 3.05) is 0 Å². The SMILES string of the molecule is CCC(C)[C@H](NC(=O)c1ccc([N+](=O)[O-])o1)C(=O)O. The molecule has 104 valence electrons. The minimum Gasteiger partial charge on any atom is -0.480 e. The minimum atomic E-state index is -1.16. The summed E-state index contributed by atoms with van der Waals surface area (Å²) in [5.74, 6) is -3.09. The zero-order valence-corrected chi connectivity index (χ0v) is 10.5. The first-order valence-corrected chi connectivity index (χ1v) is 5.64. The van der Waals surface area contributed by atoms with Gasteiger partial charge in [0.15, 0.2) is 5.76 Å². The molecular weight excluding hydrogens is 256 g/mol. The van der Waals surface area contributed by atoms with Crippen molar-refractivity contribution < 1.29 is 24.0 Å². The number of furan rings is 1. The van der Waals surface area contributed by atoms with Gasteiger partial charge in [0.05, 0.1) is 6.07 Å². The number of carboxylic acid groups (broad SMARTS) is 1. The van der Waals surface area contributed by atoms with Gasteiger partial charge in [-0.05, 0) is 12.0 Å². The van der Waals surface area contributed by atoms with E-state index in [1.165, 1.54) is 0 Å². The second kappa shape index (κ2) is 5.98. The molecular formula is C11H14N2O6. The topological polar surface area (TPSA) is 123 Å². The smallest absolute Gasteiger partial charge is 0.433 e. The summed E-state index contributed by atoms with van der Waals surface area (Å²) >= 11 is 0. The highest BCUT2D eigenvalue weighted by Gasteiger charge is 2.27. The van der Waals surface area contributed by atoms with Gasteiger partial charge in [-0.3, -0.25) is 14.9 Å². The monoisotopic (exact) mass is 270 g/mol. The molecule has 0 saturated heterocycles. The second-order valence-electron chi connectivity index (χ2n) is 4.07. The maximum Gasteiger partial charge on any atom is 0.433 e. The van der Waals surface area contributed by atoms with Crippen LogP contribution >= 0.6 is 0 Å². The fourth-order valence-corrected chi connectivity index (χ4v) is 1.44. The molecule has 1 aromatic heterocycles. The zero-order chi connectivity index (χ0) is 14.6. The Bertz CT molecular complexity index is 495. The number of nitro groups is 1. The van der Waals surface area contributed by atoms with Gasteiger partial charge in [-0.15, -0.1) is 0 Å². The number of carboxylic acids is 1. The maximum absolute atomic E-state index is 11.7. The predicted octanol–water partition coefficient (Wildman–Crippen LogP) is 1.42. The Morgan fingerprint density at radius 1 is 1.53 bits per heavy atom. The molecule has 2 atom stereocenters. The van der Waals surface area contributed by atoms with E-state index in [4.69, 9.17) is 9.52 Å². The molecule has 0 aliphatic heterocycles. The van der Waals surface area contributed by atoms with Crippen LogP contribution in [0.5, 0.6) is 0 Å². The molecule has 1 heterocycles. The Kier molecular flexibility index (Phi) is 4.62. The summed E-state index contributed by atoms with van der Waals surface area (Å²) in [6.07, 6.45) is 0.565. The van der Waals surface area contributed by atoms with Crippen molar-refractivity contribution in [3.05, 3.63) is 28.0 Å². The molecule has 0 aliphatic carbocycles. The number of nitrogens with zero attached hydrogens (tertiary/aromatic N) is 1. The number of carbonyl (C=O) groups excluding carboxylic acids is 1. The molecule has 1 aromatic rings. The molecule has 19 heavy (non-hydrogen) atoms. The lowest BCUT2D eigenvalue weighted by molar-refractivity contribution is -0.402. The largest absolute Gasteiger partial charge is 0.480 e. The Morgan fingerprint density at radius 3 is 2.58 bits per heavy atom. The molecule has 1 unspecified atom stereocenters. The van der Waals surface area contributed by atoms with Gasteiger partial charge in [0, 0.05) is 0 Å². The number of rotatable bonds is 6. The van der Waals surface area contributed by atoms with E-state index in [0.717, 1.165) is 12.1 Å². The normalized spacial score (nSPS) is 13.6. The molecule has 0 saturated carbocycles. The Labute approximate surface area is 108 Å². The van der Waals surface area contributed by atoms with Gasteiger partial charge in [0.1, 0.15) is 11.0 Å². The van der Waals surface area contributed by atoms with Gasteiger partial charge >= 0.3 is 11.9 Å². The summed E-state index contributed by atoms with van der Waals surface area (Å²) in [5, 5.41) is 21.7. The van der Waals surface area contributed by atoms with E-state index in [1.54, 1.807) is 13.8 Å². The molecule has 2 N–H and O–H groups in total. The lowest BCUT2D eigenvalue weighted by atomic mass is 9.99. The van der Waals surface area contributed by atoms with Crippen molar-refractivity contribution in [3.63, 3.8) is 0 Å². The number of carbonyl (C=O) groups is 2. The quantitative estimate of drug-likeness (QED) is 0.595. The third-order valence-corrected chi connectivity index (χ3v) is 2.76. The maximum atomic E-state index is 11.7. The molecule has 8 heteroatoms. The van der Waals surface area contributed by atoms with E-state index in [9.17, 15) is 19.7 Å². The molecule has 0 spiro atoms. The van der Waals surface area contributed by atoms with Crippen LogP contribution in [0.1, 0.15) is 30.8 Å². The second-order valence-corrected chi connectivity index (χ2v) is 4.07. The van der Waals surface area contributed by atoms with Crippen LogP contribution in [0.3, 0.4) is 0 Å². The van der Waals surface area contributed by atoms with Crippen molar-refractivity contribution in [3.8, 4) is 0 Å². The number of amides is 1. The minimum absolute atomic E-state index is 0.272. The highest BCUT2D eigenvalue weighted by Crippen LogP contribution is 2.16. The molecule has 1 amide bonds. The molecule has 0 fully saturated rings. The molecule has 1 rings (SSSR count).